The van der Waals surface area contributed by atoms with Crippen molar-refractivity contribution in [3.05, 3.63) is 45.4 Å². The lowest BCUT2D eigenvalue weighted by Gasteiger charge is -2.15. The SMILES string of the molecule is Cc1cc(C(=O)NCCC(=O)N2CCCC2)c(C)n1Cc1cccs1. The van der Waals surface area contributed by atoms with Gasteiger partial charge in [0.15, 0.2) is 0 Å². The molecule has 25 heavy (non-hydrogen) atoms. The molecular formula is C19H25N3O2S. The molecule has 0 unspecified atom stereocenters. The Balaban J connectivity index is 1.57. The van der Waals surface area contributed by atoms with Gasteiger partial charge in [0.1, 0.15) is 0 Å². The van der Waals surface area contributed by atoms with Gasteiger partial charge in [-0.15, -0.1) is 11.3 Å². The molecule has 0 spiro atoms. The third-order valence-corrected chi connectivity index (χ3v) is 5.66. The molecular weight excluding hydrogens is 334 g/mol. The third-order valence-electron chi connectivity index (χ3n) is 4.80. The molecule has 1 N–H and O–H groups in total. The van der Waals surface area contributed by atoms with Crippen LogP contribution in [0, 0.1) is 13.8 Å². The molecule has 0 atom stereocenters. The van der Waals surface area contributed by atoms with Crippen molar-refractivity contribution in [1.29, 1.82) is 0 Å². The monoisotopic (exact) mass is 359 g/mol. The van der Waals surface area contributed by atoms with Crippen molar-refractivity contribution in [2.75, 3.05) is 19.6 Å². The molecule has 0 saturated carbocycles. The van der Waals surface area contributed by atoms with Gasteiger partial charge in [0, 0.05) is 42.3 Å². The van der Waals surface area contributed by atoms with E-state index < -0.39 is 0 Å². The molecule has 2 aromatic heterocycles. The number of hydrogen-bond acceptors (Lipinski definition) is 3. The first-order chi connectivity index (χ1) is 12.1. The molecule has 134 valence electrons. The van der Waals surface area contributed by atoms with Crippen LogP contribution in [0.5, 0.6) is 0 Å². The van der Waals surface area contributed by atoms with Gasteiger partial charge in [0.2, 0.25) is 5.91 Å². The number of rotatable bonds is 6. The maximum atomic E-state index is 12.5. The highest BCUT2D eigenvalue weighted by molar-refractivity contribution is 7.09. The Hall–Kier alpha value is -2.08. The maximum Gasteiger partial charge on any atom is 0.253 e. The largest absolute Gasteiger partial charge is 0.351 e. The van der Waals surface area contributed by atoms with E-state index in [9.17, 15) is 9.59 Å². The summed E-state index contributed by atoms with van der Waals surface area (Å²) in [7, 11) is 0. The molecule has 0 aromatic carbocycles. The van der Waals surface area contributed by atoms with E-state index in [1.807, 2.05) is 30.9 Å². The summed E-state index contributed by atoms with van der Waals surface area (Å²) in [6.07, 6.45) is 2.56. The third kappa shape index (κ3) is 4.12. The molecule has 2 amide bonds. The molecule has 1 aliphatic heterocycles. The fraction of sp³-hybridized carbons (Fsp3) is 0.474. The summed E-state index contributed by atoms with van der Waals surface area (Å²) < 4.78 is 2.16. The van der Waals surface area contributed by atoms with Crippen LogP contribution < -0.4 is 5.32 Å². The standard InChI is InChI=1S/C19H25N3O2S/c1-14-12-17(15(2)22(14)13-16-6-5-11-25-16)19(24)20-8-7-18(23)21-9-3-4-10-21/h5-6,11-12H,3-4,7-10,13H2,1-2H3,(H,20,24). The van der Waals surface area contributed by atoms with Crippen LogP contribution in [0.25, 0.3) is 0 Å². The summed E-state index contributed by atoms with van der Waals surface area (Å²) in [5.41, 5.74) is 2.74. The Morgan fingerprint density at radius 1 is 1.24 bits per heavy atom. The summed E-state index contributed by atoms with van der Waals surface area (Å²) in [4.78, 5) is 27.7. The van der Waals surface area contributed by atoms with Gasteiger partial charge in [0.25, 0.3) is 5.91 Å². The van der Waals surface area contributed by atoms with Crippen LogP contribution in [-0.2, 0) is 11.3 Å². The van der Waals surface area contributed by atoms with E-state index in [4.69, 9.17) is 0 Å². The quantitative estimate of drug-likeness (QED) is 0.862. The van der Waals surface area contributed by atoms with Gasteiger partial charge in [-0.1, -0.05) is 6.07 Å². The second-order valence-electron chi connectivity index (χ2n) is 6.54. The van der Waals surface area contributed by atoms with Gasteiger partial charge in [0.05, 0.1) is 12.1 Å². The lowest BCUT2D eigenvalue weighted by molar-refractivity contribution is -0.129. The molecule has 3 rings (SSSR count). The van der Waals surface area contributed by atoms with Crippen molar-refractivity contribution in [3.8, 4) is 0 Å². The minimum atomic E-state index is -0.0975. The average molecular weight is 359 g/mol. The highest BCUT2D eigenvalue weighted by Crippen LogP contribution is 2.19. The number of thiophene rings is 1. The normalized spacial score (nSPS) is 14.1. The van der Waals surface area contributed by atoms with Crippen LogP contribution in [0.1, 0.15) is 45.9 Å². The smallest absolute Gasteiger partial charge is 0.253 e. The van der Waals surface area contributed by atoms with Crippen molar-refractivity contribution in [3.63, 3.8) is 0 Å². The molecule has 6 heteroatoms. The second-order valence-corrected chi connectivity index (χ2v) is 7.58. The summed E-state index contributed by atoms with van der Waals surface area (Å²) >= 11 is 1.72. The Bertz CT molecular complexity index is 743. The van der Waals surface area contributed by atoms with Crippen molar-refractivity contribution >= 4 is 23.2 Å². The maximum absolute atomic E-state index is 12.5. The average Bonchev–Trinajstić information content (AvgIpc) is 3.33. The zero-order chi connectivity index (χ0) is 17.8. The number of aryl methyl sites for hydroxylation is 1. The zero-order valence-electron chi connectivity index (χ0n) is 14.9. The first kappa shape index (κ1) is 17.7. The number of nitrogens with one attached hydrogen (secondary N) is 1. The fourth-order valence-corrected chi connectivity index (χ4v) is 4.03. The van der Waals surface area contributed by atoms with Crippen LogP contribution in [0.4, 0.5) is 0 Å². The number of nitrogens with zero attached hydrogens (tertiary/aromatic N) is 2. The Labute approximate surface area is 152 Å². The van der Waals surface area contributed by atoms with E-state index in [2.05, 4.69) is 21.3 Å². The zero-order valence-corrected chi connectivity index (χ0v) is 15.7. The van der Waals surface area contributed by atoms with Gasteiger partial charge in [-0.2, -0.15) is 0 Å². The first-order valence-electron chi connectivity index (χ1n) is 8.81. The number of carbonyl (C=O) groups excluding carboxylic acids is 2. The van der Waals surface area contributed by atoms with E-state index in [0.717, 1.165) is 43.9 Å². The van der Waals surface area contributed by atoms with Crippen LogP contribution in [-0.4, -0.2) is 40.9 Å². The topological polar surface area (TPSA) is 54.3 Å². The Morgan fingerprint density at radius 3 is 2.68 bits per heavy atom. The number of hydrogen-bond donors (Lipinski definition) is 1. The Kier molecular flexibility index (Phi) is 5.58. The fourth-order valence-electron chi connectivity index (χ4n) is 3.34. The van der Waals surface area contributed by atoms with E-state index in [1.165, 1.54) is 4.88 Å². The van der Waals surface area contributed by atoms with Crippen LogP contribution in [0.3, 0.4) is 0 Å². The number of likely N-dealkylation sites (tertiary alicyclic amines) is 1. The molecule has 5 nitrogen and oxygen atoms in total. The van der Waals surface area contributed by atoms with E-state index in [1.54, 1.807) is 11.3 Å². The van der Waals surface area contributed by atoms with Gasteiger partial charge in [-0.05, 0) is 44.2 Å². The van der Waals surface area contributed by atoms with Gasteiger partial charge < -0.3 is 14.8 Å². The lowest BCUT2D eigenvalue weighted by Crippen LogP contribution is -2.32. The molecule has 0 aliphatic carbocycles. The summed E-state index contributed by atoms with van der Waals surface area (Å²) in [5, 5.41) is 4.96. The summed E-state index contributed by atoms with van der Waals surface area (Å²) in [5.74, 6) is 0.0423. The summed E-state index contributed by atoms with van der Waals surface area (Å²) in [6.45, 7) is 6.89. The minimum absolute atomic E-state index is 0.0975. The van der Waals surface area contributed by atoms with Crippen molar-refractivity contribution < 1.29 is 9.59 Å². The molecule has 1 fully saturated rings. The van der Waals surface area contributed by atoms with Crippen molar-refractivity contribution in [2.45, 2.75) is 39.7 Å². The Morgan fingerprint density at radius 2 is 2.00 bits per heavy atom. The van der Waals surface area contributed by atoms with Crippen LogP contribution >= 0.6 is 11.3 Å². The second kappa shape index (κ2) is 7.87. The van der Waals surface area contributed by atoms with Gasteiger partial charge in [-0.25, -0.2) is 0 Å². The van der Waals surface area contributed by atoms with E-state index in [-0.39, 0.29) is 11.8 Å². The number of aromatic nitrogens is 1. The summed E-state index contributed by atoms with van der Waals surface area (Å²) in [6, 6.07) is 6.08. The van der Waals surface area contributed by atoms with Gasteiger partial charge in [-0.3, -0.25) is 9.59 Å². The predicted octanol–water partition coefficient (Wildman–Crippen LogP) is 2.96. The van der Waals surface area contributed by atoms with E-state index >= 15 is 0 Å². The lowest BCUT2D eigenvalue weighted by atomic mass is 10.2. The molecule has 2 aromatic rings. The molecule has 1 aliphatic rings. The van der Waals surface area contributed by atoms with Crippen LogP contribution in [0.2, 0.25) is 0 Å². The van der Waals surface area contributed by atoms with Gasteiger partial charge >= 0.3 is 0 Å². The van der Waals surface area contributed by atoms with Crippen molar-refractivity contribution in [2.24, 2.45) is 0 Å². The molecule has 1 saturated heterocycles. The highest BCUT2D eigenvalue weighted by atomic mass is 32.1. The number of amides is 2. The minimum Gasteiger partial charge on any atom is -0.351 e. The molecule has 0 radical (unpaired) electrons. The molecule has 0 bridgehead atoms. The highest BCUT2D eigenvalue weighted by Gasteiger charge is 2.19. The number of carbonyl (C=O) groups is 2. The molecule has 3 heterocycles. The first-order valence-corrected chi connectivity index (χ1v) is 9.69. The van der Waals surface area contributed by atoms with E-state index in [0.29, 0.717) is 18.5 Å². The van der Waals surface area contributed by atoms with Crippen LogP contribution in [0.15, 0.2) is 23.6 Å². The predicted molar refractivity (Wildman–Crippen MR) is 100 cm³/mol. The van der Waals surface area contributed by atoms with Crippen molar-refractivity contribution in [1.82, 2.24) is 14.8 Å².